The fraction of sp³-hybridized carbons (Fsp3) is 0.562. The van der Waals surface area contributed by atoms with E-state index in [9.17, 15) is 4.79 Å². The minimum Gasteiger partial charge on any atom is -0.399 e. The van der Waals surface area contributed by atoms with Gasteiger partial charge in [-0.15, -0.1) is 0 Å². The van der Waals surface area contributed by atoms with E-state index in [0.29, 0.717) is 12.5 Å². The molecule has 1 amide bonds. The molecule has 2 aliphatic rings. The number of nitrogens with two attached hydrogens (primary N) is 1. The lowest BCUT2D eigenvalue weighted by Crippen LogP contribution is -2.38. The van der Waals surface area contributed by atoms with Crippen LogP contribution in [0.15, 0.2) is 24.3 Å². The van der Waals surface area contributed by atoms with Crippen molar-refractivity contribution >= 4 is 11.6 Å². The molecule has 2 saturated carbocycles. The highest BCUT2D eigenvalue weighted by atomic mass is 16.1. The van der Waals surface area contributed by atoms with E-state index in [1.807, 2.05) is 24.3 Å². The average molecular weight is 258 g/mol. The van der Waals surface area contributed by atoms with Crippen molar-refractivity contribution in [1.82, 2.24) is 5.32 Å². The second kappa shape index (κ2) is 5.24. The molecule has 0 radical (unpaired) electrons. The molecule has 0 spiro atoms. The predicted molar refractivity (Wildman–Crippen MR) is 76.6 cm³/mol. The standard InChI is InChI=1S/C16H22N2O/c17-14-3-1-2-11(10-14)4-9-15(19)18-16(12-5-6-12)13-7-8-13/h1-3,10,12-13,16H,4-9,17H2,(H,18,19). The molecule has 0 saturated heterocycles. The Labute approximate surface area is 114 Å². The third-order valence-corrected chi connectivity index (χ3v) is 4.18. The van der Waals surface area contributed by atoms with Gasteiger partial charge in [0.1, 0.15) is 0 Å². The molecule has 0 heterocycles. The number of nitrogens with one attached hydrogen (secondary N) is 1. The third-order valence-electron chi connectivity index (χ3n) is 4.18. The van der Waals surface area contributed by atoms with Gasteiger partial charge >= 0.3 is 0 Å². The summed E-state index contributed by atoms with van der Waals surface area (Å²) in [5.41, 5.74) is 7.65. The highest BCUT2D eigenvalue weighted by Crippen LogP contribution is 2.44. The van der Waals surface area contributed by atoms with Crippen molar-refractivity contribution < 1.29 is 4.79 Å². The van der Waals surface area contributed by atoms with Crippen LogP contribution in [0.3, 0.4) is 0 Å². The summed E-state index contributed by atoms with van der Waals surface area (Å²) < 4.78 is 0. The Kier molecular flexibility index (Phi) is 3.45. The Morgan fingerprint density at radius 1 is 1.26 bits per heavy atom. The van der Waals surface area contributed by atoms with Crippen LogP contribution in [0, 0.1) is 11.8 Å². The van der Waals surface area contributed by atoms with Crippen molar-refractivity contribution in [2.75, 3.05) is 5.73 Å². The molecule has 3 nitrogen and oxygen atoms in total. The van der Waals surface area contributed by atoms with E-state index in [1.54, 1.807) is 0 Å². The Bertz CT molecular complexity index is 452. The summed E-state index contributed by atoms with van der Waals surface area (Å²) in [4.78, 5) is 12.0. The van der Waals surface area contributed by atoms with Gasteiger partial charge < -0.3 is 11.1 Å². The Balaban J connectivity index is 1.48. The predicted octanol–water partition coefficient (Wildman–Crippen LogP) is 2.51. The number of aryl methyl sites for hydroxylation is 1. The highest BCUT2D eigenvalue weighted by molar-refractivity contribution is 5.76. The van der Waals surface area contributed by atoms with E-state index in [4.69, 9.17) is 5.73 Å². The number of hydrogen-bond acceptors (Lipinski definition) is 2. The van der Waals surface area contributed by atoms with E-state index in [1.165, 1.54) is 25.7 Å². The van der Waals surface area contributed by atoms with Crippen LogP contribution < -0.4 is 11.1 Å². The van der Waals surface area contributed by atoms with Crippen LogP contribution in [0.5, 0.6) is 0 Å². The molecule has 2 fully saturated rings. The second-order valence-electron chi connectivity index (χ2n) is 6.01. The summed E-state index contributed by atoms with van der Waals surface area (Å²) in [6, 6.07) is 8.27. The van der Waals surface area contributed by atoms with Crippen molar-refractivity contribution in [2.45, 2.75) is 44.6 Å². The molecule has 1 aromatic rings. The first-order valence-corrected chi connectivity index (χ1v) is 7.36. The van der Waals surface area contributed by atoms with Crippen LogP contribution in [0.4, 0.5) is 5.69 Å². The first-order chi connectivity index (χ1) is 9.22. The molecule has 102 valence electrons. The fourth-order valence-electron chi connectivity index (χ4n) is 2.80. The smallest absolute Gasteiger partial charge is 0.220 e. The van der Waals surface area contributed by atoms with Crippen molar-refractivity contribution in [3.63, 3.8) is 0 Å². The summed E-state index contributed by atoms with van der Waals surface area (Å²) in [5, 5.41) is 3.26. The van der Waals surface area contributed by atoms with Gasteiger partial charge in [0, 0.05) is 18.2 Å². The Morgan fingerprint density at radius 2 is 1.95 bits per heavy atom. The lowest BCUT2D eigenvalue weighted by Gasteiger charge is -2.17. The zero-order chi connectivity index (χ0) is 13.2. The van der Waals surface area contributed by atoms with Gasteiger partial charge in [-0.05, 0) is 61.6 Å². The van der Waals surface area contributed by atoms with Crippen molar-refractivity contribution in [2.24, 2.45) is 11.8 Å². The van der Waals surface area contributed by atoms with Gasteiger partial charge in [-0.1, -0.05) is 12.1 Å². The monoisotopic (exact) mass is 258 g/mol. The molecular weight excluding hydrogens is 236 g/mol. The molecule has 3 heteroatoms. The zero-order valence-corrected chi connectivity index (χ0v) is 11.3. The molecule has 19 heavy (non-hydrogen) atoms. The molecule has 0 aromatic heterocycles. The molecule has 3 rings (SSSR count). The second-order valence-corrected chi connectivity index (χ2v) is 6.01. The SMILES string of the molecule is Nc1cccc(CCC(=O)NC(C2CC2)C2CC2)c1. The lowest BCUT2D eigenvalue weighted by molar-refractivity contribution is -0.122. The van der Waals surface area contributed by atoms with Gasteiger partial charge in [0.05, 0.1) is 0 Å². The number of carbonyl (C=O) groups is 1. The normalized spacial score (nSPS) is 18.6. The number of benzene rings is 1. The number of anilines is 1. The van der Waals surface area contributed by atoms with Gasteiger partial charge in [-0.2, -0.15) is 0 Å². The first kappa shape index (κ1) is 12.5. The van der Waals surface area contributed by atoms with Gasteiger partial charge in [-0.3, -0.25) is 4.79 Å². The van der Waals surface area contributed by atoms with E-state index in [2.05, 4.69) is 5.32 Å². The van der Waals surface area contributed by atoms with Crippen molar-refractivity contribution in [1.29, 1.82) is 0 Å². The summed E-state index contributed by atoms with van der Waals surface area (Å²) in [6.45, 7) is 0. The number of amides is 1. The topological polar surface area (TPSA) is 55.1 Å². The molecule has 0 atom stereocenters. The summed E-state index contributed by atoms with van der Waals surface area (Å²) in [5.74, 6) is 1.74. The van der Waals surface area contributed by atoms with Gasteiger partial charge in [-0.25, -0.2) is 0 Å². The molecular formula is C16H22N2O. The molecule has 1 aromatic carbocycles. The minimum absolute atomic E-state index is 0.200. The maximum absolute atomic E-state index is 12.0. The summed E-state index contributed by atoms with van der Waals surface area (Å²) in [7, 11) is 0. The molecule has 0 aliphatic heterocycles. The van der Waals surface area contributed by atoms with Crippen LogP contribution in [-0.2, 0) is 11.2 Å². The summed E-state index contributed by atoms with van der Waals surface area (Å²) >= 11 is 0. The number of rotatable bonds is 6. The maximum Gasteiger partial charge on any atom is 0.220 e. The van der Waals surface area contributed by atoms with Crippen molar-refractivity contribution in [3.05, 3.63) is 29.8 Å². The van der Waals surface area contributed by atoms with E-state index in [-0.39, 0.29) is 5.91 Å². The van der Waals surface area contributed by atoms with Crippen molar-refractivity contribution in [3.8, 4) is 0 Å². The van der Waals surface area contributed by atoms with E-state index >= 15 is 0 Å². The molecule has 0 unspecified atom stereocenters. The molecule has 2 aliphatic carbocycles. The largest absolute Gasteiger partial charge is 0.399 e. The highest BCUT2D eigenvalue weighted by Gasteiger charge is 2.41. The Morgan fingerprint density at radius 3 is 2.53 bits per heavy atom. The third kappa shape index (κ3) is 3.49. The summed E-state index contributed by atoms with van der Waals surface area (Å²) in [6.07, 6.45) is 6.55. The number of hydrogen-bond donors (Lipinski definition) is 2. The maximum atomic E-state index is 12.0. The minimum atomic E-state index is 0.200. The number of carbonyl (C=O) groups excluding carboxylic acids is 1. The van der Waals surface area contributed by atoms with Crippen LogP contribution in [-0.4, -0.2) is 11.9 Å². The van der Waals surface area contributed by atoms with E-state index in [0.717, 1.165) is 29.5 Å². The Hall–Kier alpha value is -1.51. The quantitative estimate of drug-likeness (QED) is 0.770. The number of nitrogen functional groups attached to an aromatic ring is 1. The van der Waals surface area contributed by atoms with Crippen LogP contribution in [0.2, 0.25) is 0 Å². The van der Waals surface area contributed by atoms with Gasteiger partial charge in [0.25, 0.3) is 0 Å². The van der Waals surface area contributed by atoms with Gasteiger partial charge in [0.2, 0.25) is 5.91 Å². The molecule has 3 N–H and O–H groups in total. The van der Waals surface area contributed by atoms with Gasteiger partial charge in [0.15, 0.2) is 0 Å². The van der Waals surface area contributed by atoms with Crippen LogP contribution in [0.25, 0.3) is 0 Å². The first-order valence-electron chi connectivity index (χ1n) is 7.36. The van der Waals surface area contributed by atoms with Crippen LogP contribution >= 0.6 is 0 Å². The van der Waals surface area contributed by atoms with Crippen LogP contribution in [0.1, 0.15) is 37.7 Å². The average Bonchev–Trinajstić information content (AvgIpc) is 3.27. The lowest BCUT2D eigenvalue weighted by atomic mass is 10.1. The molecule has 0 bridgehead atoms. The zero-order valence-electron chi connectivity index (χ0n) is 11.3. The van der Waals surface area contributed by atoms with E-state index < -0.39 is 0 Å². The fourth-order valence-corrected chi connectivity index (χ4v) is 2.80.